The van der Waals surface area contributed by atoms with E-state index in [9.17, 15) is 4.79 Å². The van der Waals surface area contributed by atoms with Crippen molar-refractivity contribution >= 4 is 16.9 Å². The summed E-state index contributed by atoms with van der Waals surface area (Å²) < 4.78 is 4.91. The largest absolute Gasteiger partial charge is 0.372 e. The van der Waals surface area contributed by atoms with Gasteiger partial charge in [-0.15, -0.1) is 0 Å². The summed E-state index contributed by atoms with van der Waals surface area (Å²) in [5.41, 5.74) is 7.83. The predicted molar refractivity (Wildman–Crippen MR) is 88.8 cm³/mol. The normalized spacial score (nSPS) is 10.3. The molecule has 23 heavy (non-hydrogen) atoms. The van der Waals surface area contributed by atoms with Crippen LogP contribution < -0.4 is 11.3 Å². The van der Waals surface area contributed by atoms with E-state index >= 15 is 0 Å². The zero-order chi connectivity index (χ0) is 16.2. The number of nitrogens with two attached hydrogens (primary N) is 1. The molecule has 2 heterocycles. The number of ether oxygens (including phenoxy) is 1. The van der Waals surface area contributed by atoms with Crippen molar-refractivity contribution in [1.82, 2.24) is 15.0 Å². The molecule has 0 fully saturated rings. The van der Waals surface area contributed by atoms with Crippen LogP contribution in [0.1, 0.15) is 5.56 Å². The zero-order valence-corrected chi connectivity index (χ0v) is 12.5. The lowest BCUT2D eigenvalue weighted by atomic mass is 10.1. The van der Waals surface area contributed by atoms with Gasteiger partial charge in [-0.25, -0.2) is 9.97 Å². The van der Waals surface area contributed by atoms with Gasteiger partial charge < -0.3 is 15.5 Å². The Morgan fingerprint density at radius 2 is 2.04 bits per heavy atom. The lowest BCUT2D eigenvalue weighted by molar-refractivity contribution is 0.240. The molecule has 2 aromatic heterocycles. The number of hydrogen-bond acceptors (Lipinski definition) is 5. The molecule has 0 bridgehead atoms. The highest BCUT2D eigenvalue weighted by molar-refractivity contribution is 5.95. The van der Waals surface area contributed by atoms with E-state index < -0.39 is 0 Å². The van der Waals surface area contributed by atoms with E-state index in [1.165, 1.54) is 6.20 Å². The maximum absolute atomic E-state index is 12.3. The molecular weight excluding hydrogens is 292 g/mol. The number of rotatable bonds is 2. The summed E-state index contributed by atoms with van der Waals surface area (Å²) in [6.45, 7) is 0.284. The highest BCUT2D eigenvalue weighted by Crippen LogP contribution is 2.25. The van der Waals surface area contributed by atoms with Crippen molar-refractivity contribution in [2.24, 2.45) is 0 Å². The fraction of sp³-hybridized carbons (Fsp3) is 0.118. The maximum Gasteiger partial charge on any atom is 0.259 e. The van der Waals surface area contributed by atoms with E-state index in [0.717, 1.165) is 5.56 Å². The fourth-order valence-corrected chi connectivity index (χ4v) is 2.27. The summed E-state index contributed by atoms with van der Waals surface area (Å²) in [5, 5.41) is 0.370. The van der Waals surface area contributed by atoms with Crippen LogP contribution in [0.25, 0.3) is 22.2 Å². The predicted octanol–water partition coefficient (Wildman–Crippen LogP) is 1.57. The molecule has 0 atom stereocenters. The minimum Gasteiger partial charge on any atom is -0.372 e. The highest BCUT2D eigenvalue weighted by Gasteiger charge is 2.14. The SMILES string of the molecule is COCC#Cc1c[nH]c(=O)c2c(-c3ccccc3)nc(N)nc12. The smallest absolute Gasteiger partial charge is 0.259 e. The van der Waals surface area contributed by atoms with Crippen molar-refractivity contribution in [2.75, 3.05) is 19.5 Å². The minimum atomic E-state index is -0.281. The molecule has 3 rings (SSSR count). The summed E-state index contributed by atoms with van der Waals surface area (Å²) in [6.07, 6.45) is 1.52. The Morgan fingerprint density at radius 3 is 2.78 bits per heavy atom. The first-order valence-corrected chi connectivity index (χ1v) is 6.93. The van der Waals surface area contributed by atoms with Gasteiger partial charge >= 0.3 is 0 Å². The average molecular weight is 306 g/mol. The summed E-state index contributed by atoms with van der Waals surface area (Å²) in [6, 6.07) is 9.36. The van der Waals surface area contributed by atoms with Gasteiger partial charge in [0, 0.05) is 18.9 Å². The number of H-pyrrole nitrogens is 1. The molecular formula is C17H14N4O2. The van der Waals surface area contributed by atoms with Crippen molar-refractivity contribution in [3.8, 4) is 23.1 Å². The molecule has 6 nitrogen and oxygen atoms in total. The van der Waals surface area contributed by atoms with Gasteiger partial charge in [-0.3, -0.25) is 4.79 Å². The van der Waals surface area contributed by atoms with E-state index in [-0.39, 0.29) is 18.1 Å². The Labute approximate surface area is 132 Å². The van der Waals surface area contributed by atoms with Crippen molar-refractivity contribution in [2.45, 2.75) is 0 Å². The average Bonchev–Trinajstić information content (AvgIpc) is 2.57. The van der Waals surface area contributed by atoms with Gasteiger partial charge in [-0.2, -0.15) is 0 Å². The standard InChI is InChI=1S/C17H14N4O2/c1-23-9-5-8-12-10-19-16(22)13-14(11-6-3-2-4-7-11)20-17(18)21-15(12)13/h2-4,6-7,10H,9H2,1H3,(H,19,22)(H2,18,20,21). The van der Waals surface area contributed by atoms with Crippen molar-refractivity contribution < 1.29 is 4.74 Å². The number of nitrogen functional groups attached to an aromatic ring is 1. The number of aromatic amines is 1. The van der Waals surface area contributed by atoms with Crippen LogP contribution in [0.3, 0.4) is 0 Å². The highest BCUT2D eigenvalue weighted by atomic mass is 16.5. The number of benzene rings is 1. The molecule has 3 N–H and O–H groups in total. The molecule has 0 saturated heterocycles. The van der Waals surface area contributed by atoms with Gasteiger partial charge in [-0.05, 0) is 0 Å². The Morgan fingerprint density at radius 1 is 1.26 bits per heavy atom. The Kier molecular flexibility index (Phi) is 4.04. The van der Waals surface area contributed by atoms with Crippen LogP contribution in [-0.4, -0.2) is 28.7 Å². The summed E-state index contributed by atoms with van der Waals surface area (Å²) in [4.78, 5) is 23.4. The van der Waals surface area contributed by atoms with Crippen LogP contribution in [0.15, 0.2) is 41.3 Å². The molecule has 0 spiro atoms. The third-order valence-electron chi connectivity index (χ3n) is 3.24. The molecule has 0 radical (unpaired) electrons. The van der Waals surface area contributed by atoms with E-state index in [1.807, 2.05) is 30.3 Å². The number of pyridine rings is 1. The molecule has 0 saturated carbocycles. The third kappa shape index (κ3) is 2.91. The molecule has 0 aliphatic rings. The van der Waals surface area contributed by atoms with Crippen LogP contribution in [-0.2, 0) is 4.74 Å². The molecule has 6 heteroatoms. The van der Waals surface area contributed by atoms with E-state index in [0.29, 0.717) is 22.2 Å². The van der Waals surface area contributed by atoms with Crippen molar-refractivity contribution in [3.63, 3.8) is 0 Å². The second-order valence-electron chi connectivity index (χ2n) is 4.79. The molecule has 0 aliphatic heterocycles. The number of methoxy groups -OCH3 is 1. The van der Waals surface area contributed by atoms with Gasteiger partial charge in [0.25, 0.3) is 5.56 Å². The van der Waals surface area contributed by atoms with Crippen LogP contribution in [0, 0.1) is 11.8 Å². The van der Waals surface area contributed by atoms with Gasteiger partial charge in [0.1, 0.15) is 6.61 Å². The number of hydrogen-bond donors (Lipinski definition) is 2. The van der Waals surface area contributed by atoms with Crippen molar-refractivity contribution in [1.29, 1.82) is 0 Å². The third-order valence-corrected chi connectivity index (χ3v) is 3.24. The van der Waals surface area contributed by atoms with Gasteiger partial charge in [0.2, 0.25) is 5.95 Å². The van der Waals surface area contributed by atoms with Gasteiger partial charge in [0.15, 0.2) is 0 Å². The van der Waals surface area contributed by atoms with Crippen molar-refractivity contribution in [3.05, 3.63) is 52.4 Å². The summed E-state index contributed by atoms with van der Waals surface area (Å²) in [7, 11) is 1.56. The quantitative estimate of drug-likeness (QED) is 0.701. The topological polar surface area (TPSA) is 93.9 Å². The number of anilines is 1. The van der Waals surface area contributed by atoms with Crippen LogP contribution in [0.2, 0.25) is 0 Å². The molecule has 0 aliphatic carbocycles. The van der Waals surface area contributed by atoms with E-state index in [1.54, 1.807) is 7.11 Å². The fourth-order valence-electron chi connectivity index (χ4n) is 2.27. The van der Waals surface area contributed by atoms with E-state index in [4.69, 9.17) is 10.5 Å². The second kappa shape index (κ2) is 6.30. The van der Waals surface area contributed by atoms with Crippen LogP contribution in [0.5, 0.6) is 0 Å². The second-order valence-corrected chi connectivity index (χ2v) is 4.79. The zero-order valence-electron chi connectivity index (χ0n) is 12.5. The van der Waals surface area contributed by atoms with Gasteiger partial charge in [0.05, 0.1) is 22.2 Å². The van der Waals surface area contributed by atoms with Crippen LogP contribution in [0.4, 0.5) is 5.95 Å². The summed E-state index contributed by atoms with van der Waals surface area (Å²) in [5.74, 6) is 5.87. The Hall–Kier alpha value is -3.17. The minimum absolute atomic E-state index is 0.0942. The molecule has 1 aromatic carbocycles. The number of fused-ring (bicyclic) bond motifs is 1. The molecule has 0 unspecified atom stereocenters. The lowest BCUT2D eigenvalue weighted by Crippen LogP contribution is -2.11. The maximum atomic E-state index is 12.3. The Bertz CT molecular complexity index is 969. The Balaban J connectivity index is 2.34. The lowest BCUT2D eigenvalue weighted by Gasteiger charge is -2.07. The molecule has 0 amide bonds. The van der Waals surface area contributed by atoms with Gasteiger partial charge in [-0.1, -0.05) is 42.2 Å². The molecule has 3 aromatic rings. The molecule has 114 valence electrons. The summed E-state index contributed by atoms with van der Waals surface area (Å²) >= 11 is 0. The number of nitrogens with zero attached hydrogens (tertiary/aromatic N) is 2. The van der Waals surface area contributed by atoms with E-state index in [2.05, 4.69) is 26.8 Å². The monoisotopic (exact) mass is 306 g/mol. The number of aromatic nitrogens is 3. The first-order chi connectivity index (χ1) is 11.2. The number of nitrogens with one attached hydrogen (secondary N) is 1. The first-order valence-electron chi connectivity index (χ1n) is 6.93. The first kappa shape index (κ1) is 14.8. The van der Waals surface area contributed by atoms with Crippen LogP contribution >= 0.6 is 0 Å².